The molecule has 0 spiro atoms. The number of halogens is 1. The van der Waals surface area contributed by atoms with Crippen LogP contribution in [0.3, 0.4) is 0 Å². The Morgan fingerprint density at radius 3 is 2.77 bits per heavy atom. The summed E-state index contributed by atoms with van der Waals surface area (Å²) >= 11 is 0. The van der Waals surface area contributed by atoms with Crippen LogP contribution in [0.25, 0.3) is 22.2 Å². The summed E-state index contributed by atoms with van der Waals surface area (Å²) in [6.07, 6.45) is 5.79. The number of nitrogen functional groups attached to an aromatic ring is 1. The number of carbonyl (C=O) groups is 1. The van der Waals surface area contributed by atoms with Gasteiger partial charge in [0.05, 0.1) is 5.39 Å². The van der Waals surface area contributed by atoms with Crippen molar-refractivity contribution in [2.45, 2.75) is 32.8 Å². The van der Waals surface area contributed by atoms with Crippen molar-refractivity contribution in [3.05, 3.63) is 59.3 Å². The Morgan fingerprint density at radius 1 is 1.29 bits per heavy atom. The molecule has 1 aliphatic carbocycles. The SMILES string of the molecule is CC1=CC(C(O)C(=O)Nc2ccc(-c3cn(C)c4nc(C)nc(N)c34)c(F)c2)=CCC1. The number of benzene rings is 1. The largest absolute Gasteiger partial charge is 0.383 e. The van der Waals surface area contributed by atoms with Gasteiger partial charge in [0.1, 0.15) is 23.1 Å². The second-order valence-electron chi connectivity index (χ2n) is 7.83. The average Bonchev–Trinajstić information content (AvgIpc) is 3.04. The number of rotatable bonds is 4. The van der Waals surface area contributed by atoms with Crippen molar-refractivity contribution in [2.75, 3.05) is 11.1 Å². The van der Waals surface area contributed by atoms with Crippen molar-refractivity contribution in [1.82, 2.24) is 14.5 Å². The summed E-state index contributed by atoms with van der Waals surface area (Å²) in [5.74, 6) is -0.329. The first-order valence-electron chi connectivity index (χ1n) is 10.00. The Kier molecular flexibility index (Phi) is 5.32. The number of aliphatic hydroxyl groups is 1. The molecular formula is C23H24FN5O2. The van der Waals surface area contributed by atoms with Crippen LogP contribution in [-0.4, -0.2) is 31.7 Å². The first-order chi connectivity index (χ1) is 14.7. The Balaban J connectivity index is 1.62. The van der Waals surface area contributed by atoms with E-state index >= 15 is 4.39 Å². The van der Waals surface area contributed by atoms with Gasteiger partial charge in [-0.05, 0) is 50.5 Å². The Labute approximate surface area is 179 Å². The van der Waals surface area contributed by atoms with E-state index in [0.717, 1.165) is 18.4 Å². The smallest absolute Gasteiger partial charge is 0.257 e. The molecule has 4 rings (SSSR count). The Bertz CT molecular complexity index is 1260. The fourth-order valence-electron chi connectivity index (χ4n) is 3.86. The van der Waals surface area contributed by atoms with Gasteiger partial charge in [0.25, 0.3) is 5.91 Å². The topological polar surface area (TPSA) is 106 Å². The molecule has 7 nitrogen and oxygen atoms in total. The molecule has 0 bridgehead atoms. The lowest BCUT2D eigenvalue weighted by molar-refractivity contribution is -0.122. The van der Waals surface area contributed by atoms with Crippen molar-refractivity contribution in [3.8, 4) is 11.1 Å². The number of aromatic nitrogens is 3. The minimum absolute atomic E-state index is 0.253. The molecule has 1 aromatic carbocycles. The Hall–Kier alpha value is -3.52. The number of carbonyl (C=O) groups excluding carboxylic acids is 1. The van der Waals surface area contributed by atoms with Gasteiger partial charge in [-0.25, -0.2) is 14.4 Å². The van der Waals surface area contributed by atoms with Crippen molar-refractivity contribution < 1.29 is 14.3 Å². The monoisotopic (exact) mass is 421 g/mol. The molecule has 3 aromatic rings. The number of nitrogens with two attached hydrogens (primary N) is 1. The number of nitrogens with zero attached hydrogens (tertiary/aromatic N) is 3. The highest BCUT2D eigenvalue weighted by Crippen LogP contribution is 2.35. The number of aryl methyl sites for hydroxylation is 2. The molecule has 2 heterocycles. The summed E-state index contributed by atoms with van der Waals surface area (Å²) < 4.78 is 16.8. The van der Waals surface area contributed by atoms with Crippen LogP contribution in [-0.2, 0) is 11.8 Å². The first-order valence-corrected chi connectivity index (χ1v) is 10.00. The Morgan fingerprint density at radius 2 is 2.06 bits per heavy atom. The molecule has 2 aromatic heterocycles. The van der Waals surface area contributed by atoms with Gasteiger partial charge in [0, 0.05) is 30.1 Å². The van der Waals surface area contributed by atoms with E-state index in [2.05, 4.69) is 15.3 Å². The summed E-state index contributed by atoms with van der Waals surface area (Å²) in [4.78, 5) is 21.0. The van der Waals surface area contributed by atoms with Crippen LogP contribution in [0.15, 0.2) is 47.7 Å². The summed E-state index contributed by atoms with van der Waals surface area (Å²) in [7, 11) is 1.81. The molecule has 0 aliphatic heterocycles. The minimum Gasteiger partial charge on any atom is -0.383 e. The average molecular weight is 421 g/mol. The maximum Gasteiger partial charge on any atom is 0.257 e. The van der Waals surface area contributed by atoms with Crippen molar-refractivity contribution in [3.63, 3.8) is 0 Å². The third kappa shape index (κ3) is 3.94. The van der Waals surface area contributed by atoms with E-state index in [1.165, 1.54) is 6.07 Å². The number of hydrogen-bond donors (Lipinski definition) is 3. The van der Waals surface area contributed by atoms with Gasteiger partial charge in [0.15, 0.2) is 6.10 Å². The second kappa shape index (κ2) is 7.96. The number of amides is 1. The number of fused-ring (bicyclic) bond motifs is 1. The van der Waals surface area contributed by atoms with Gasteiger partial charge in [0.2, 0.25) is 0 Å². The zero-order valence-corrected chi connectivity index (χ0v) is 17.6. The highest BCUT2D eigenvalue weighted by atomic mass is 19.1. The van der Waals surface area contributed by atoms with Gasteiger partial charge < -0.3 is 20.7 Å². The van der Waals surface area contributed by atoms with Gasteiger partial charge in [-0.15, -0.1) is 0 Å². The molecule has 0 fully saturated rings. The van der Waals surface area contributed by atoms with Crippen LogP contribution < -0.4 is 11.1 Å². The van der Waals surface area contributed by atoms with Crippen LogP contribution in [0.5, 0.6) is 0 Å². The quantitative estimate of drug-likeness (QED) is 0.596. The lowest BCUT2D eigenvalue weighted by Gasteiger charge is -2.17. The second-order valence-corrected chi connectivity index (χ2v) is 7.83. The predicted molar refractivity (Wildman–Crippen MR) is 119 cm³/mol. The van der Waals surface area contributed by atoms with Crippen molar-refractivity contribution in [1.29, 1.82) is 0 Å². The number of anilines is 2. The van der Waals surface area contributed by atoms with Gasteiger partial charge in [-0.1, -0.05) is 17.7 Å². The molecule has 1 amide bonds. The van der Waals surface area contributed by atoms with Crippen LogP contribution in [0.4, 0.5) is 15.9 Å². The van der Waals surface area contributed by atoms with E-state index in [9.17, 15) is 9.90 Å². The van der Waals surface area contributed by atoms with Crippen LogP contribution in [0.1, 0.15) is 25.6 Å². The molecule has 8 heteroatoms. The third-order valence-electron chi connectivity index (χ3n) is 5.38. The first kappa shape index (κ1) is 20.7. The number of aliphatic hydroxyl groups excluding tert-OH is 1. The summed E-state index contributed by atoms with van der Waals surface area (Å²) in [5.41, 5.74) is 9.50. The van der Waals surface area contributed by atoms with Gasteiger partial charge in [-0.2, -0.15) is 0 Å². The summed E-state index contributed by atoms with van der Waals surface area (Å²) in [6.45, 7) is 3.70. The standard InChI is InChI=1S/C23H24FN5O2/c1-12-5-4-6-14(9-12)20(30)23(31)28-15-7-8-16(18(24)10-15)17-11-29(3)22-19(17)21(25)26-13(2)27-22/h6-11,20,30H,4-5H2,1-3H3,(H,28,31)(H2,25,26,27). The van der Waals surface area contributed by atoms with E-state index in [-0.39, 0.29) is 11.5 Å². The highest BCUT2D eigenvalue weighted by Gasteiger charge is 2.21. The summed E-state index contributed by atoms with van der Waals surface area (Å²) in [5, 5.41) is 13.5. The molecule has 1 unspecified atom stereocenters. The van der Waals surface area contributed by atoms with E-state index < -0.39 is 17.8 Å². The zero-order chi connectivity index (χ0) is 22.3. The molecule has 160 valence electrons. The molecule has 4 N–H and O–H groups in total. The maximum atomic E-state index is 15.0. The molecule has 31 heavy (non-hydrogen) atoms. The molecule has 1 atom stereocenters. The predicted octanol–water partition coefficient (Wildman–Crippen LogP) is 3.63. The normalized spacial score (nSPS) is 14.9. The minimum atomic E-state index is -1.31. The van der Waals surface area contributed by atoms with Crippen LogP contribution in [0, 0.1) is 12.7 Å². The third-order valence-corrected chi connectivity index (χ3v) is 5.38. The zero-order valence-electron chi connectivity index (χ0n) is 17.6. The van der Waals surface area contributed by atoms with Gasteiger partial charge in [-0.3, -0.25) is 4.79 Å². The maximum absolute atomic E-state index is 15.0. The van der Waals surface area contributed by atoms with Gasteiger partial charge >= 0.3 is 0 Å². The van der Waals surface area contributed by atoms with E-state index in [0.29, 0.717) is 33.6 Å². The fraction of sp³-hybridized carbons (Fsp3) is 0.261. The molecule has 0 saturated carbocycles. The number of hydrogen-bond acceptors (Lipinski definition) is 5. The lowest BCUT2D eigenvalue weighted by Crippen LogP contribution is -2.29. The number of nitrogens with one attached hydrogen (secondary N) is 1. The van der Waals surface area contributed by atoms with Crippen molar-refractivity contribution in [2.24, 2.45) is 7.05 Å². The molecular weight excluding hydrogens is 397 g/mol. The lowest BCUT2D eigenvalue weighted by atomic mass is 9.96. The summed E-state index contributed by atoms with van der Waals surface area (Å²) in [6, 6.07) is 4.37. The molecule has 0 saturated heterocycles. The molecule has 1 aliphatic rings. The highest BCUT2D eigenvalue weighted by molar-refractivity contribution is 6.01. The fourth-order valence-corrected chi connectivity index (χ4v) is 3.86. The van der Waals surface area contributed by atoms with E-state index in [4.69, 9.17) is 5.73 Å². The van der Waals surface area contributed by atoms with Crippen LogP contribution in [0.2, 0.25) is 0 Å². The number of allylic oxidation sites excluding steroid dienone is 2. The molecule has 0 radical (unpaired) electrons. The van der Waals surface area contributed by atoms with E-state index in [1.54, 1.807) is 29.8 Å². The van der Waals surface area contributed by atoms with Crippen LogP contribution >= 0.6 is 0 Å². The van der Waals surface area contributed by atoms with Crippen molar-refractivity contribution >= 4 is 28.4 Å². The van der Waals surface area contributed by atoms with E-state index in [1.807, 2.05) is 26.1 Å².